The molecule has 0 fully saturated rings. The van der Waals surface area contributed by atoms with Gasteiger partial charge in [-0.15, -0.1) is 0 Å². The number of amides is 2. The zero-order valence-corrected chi connectivity index (χ0v) is 27.7. The van der Waals surface area contributed by atoms with Crippen LogP contribution < -0.4 is 9.62 Å². The molecule has 4 aromatic carbocycles. The summed E-state index contributed by atoms with van der Waals surface area (Å²) in [5, 5.41) is 3.83. The normalized spacial score (nSPS) is 11.9. The topological polar surface area (TPSA) is 86.8 Å². The molecule has 0 aromatic heterocycles. The molecule has 10 heteroatoms. The van der Waals surface area contributed by atoms with Gasteiger partial charge in [-0.1, -0.05) is 103 Å². The summed E-state index contributed by atoms with van der Waals surface area (Å²) in [6, 6.07) is 28.3. The number of hydrogen-bond donors (Lipinski definition) is 1. The van der Waals surface area contributed by atoms with Crippen LogP contribution in [0.4, 0.5) is 5.69 Å². The number of carbonyl (C=O) groups is 2. The van der Waals surface area contributed by atoms with Gasteiger partial charge in [0.05, 0.1) is 10.6 Å². The second kappa shape index (κ2) is 15.9. The molecule has 45 heavy (non-hydrogen) atoms. The first-order valence-corrected chi connectivity index (χ1v) is 17.0. The number of hydrogen-bond acceptors (Lipinski definition) is 4. The Hall–Kier alpha value is -3.85. The van der Waals surface area contributed by atoms with Gasteiger partial charge in [-0.2, -0.15) is 0 Å². The van der Waals surface area contributed by atoms with Crippen LogP contribution in [0.25, 0.3) is 0 Å². The van der Waals surface area contributed by atoms with E-state index in [4.69, 9.17) is 23.2 Å². The van der Waals surface area contributed by atoms with Gasteiger partial charge in [0.1, 0.15) is 12.6 Å². The lowest BCUT2D eigenvalue weighted by atomic mass is 10.0. The van der Waals surface area contributed by atoms with Gasteiger partial charge in [-0.25, -0.2) is 8.42 Å². The number of anilines is 1. The lowest BCUT2D eigenvalue weighted by molar-refractivity contribution is -0.140. The largest absolute Gasteiger partial charge is 0.354 e. The third kappa shape index (κ3) is 9.10. The second-order valence-corrected chi connectivity index (χ2v) is 13.5. The van der Waals surface area contributed by atoms with E-state index in [0.29, 0.717) is 22.2 Å². The molecular formula is C35H37Cl2N3O4S. The van der Waals surface area contributed by atoms with Crippen molar-refractivity contribution in [3.8, 4) is 0 Å². The highest BCUT2D eigenvalue weighted by Gasteiger charge is 2.34. The number of nitrogens with zero attached hydrogens (tertiary/aromatic N) is 2. The minimum Gasteiger partial charge on any atom is -0.354 e. The third-order valence-corrected chi connectivity index (χ3v) is 9.81. The van der Waals surface area contributed by atoms with E-state index in [1.54, 1.807) is 60.7 Å². The maximum Gasteiger partial charge on any atom is 0.264 e. The average molecular weight is 667 g/mol. The molecule has 1 N–H and O–H groups in total. The van der Waals surface area contributed by atoms with Gasteiger partial charge in [0.2, 0.25) is 11.8 Å². The molecule has 0 spiro atoms. The number of aryl methyl sites for hydroxylation is 1. The minimum atomic E-state index is -4.20. The number of rotatable bonds is 14. The molecule has 2 amide bonds. The summed E-state index contributed by atoms with van der Waals surface area (Å²) in [7, 11) is -4.20. The molecule has 1 unspecified atom stereocenters. The summed E-state index contributed by atoms with van der Waals surface area (Å²) >= 11 is 12.7. The summed E-state index contributed by atoms with van der Waals surface area (Å²) in [4.78, 5) is 29.7. The second-order valence-electron chi connectivity index (χ2n) is 10.8. The molecule has 0 aliphatic heterocycles. The summed E-state index contributed by atoms with van der Waals surface area (Å²) in [5.41, 5.74) is 2.64. The van der Waals surface area contributed by atoms with Crippen LogP contribution in [0.5, 0.6) is 0 Å². The van der Waals surface area contributed by atoms with Crippen molar-refractivity contribution < 1.29 is 18.0 Å². The van der Waals surface area contributed by atoms with E-state index < -0.39 is 28.5 Å². The van der Waals surface area contributed by atoms with Gasteiger partial charge in [0.15, 0.2) is 0 Å². The molecule has 4 aromatic rings. The lowest BCUT2D eigenvalue weighted by Crippen LogP contribution is -2.53. The number of carbonyl (C=O) groups excluding carboxylic acids is 2. The van der Waals surface area contributed by atoms with Crippen molar-refractivity contribution >= 4 is 50.7 Å². The Labute approximate surface area is 275 Å². The van der Waals surface area contributed by atoms with Crippen LogP contribution in [0.15, 0.2) is 108 Å². The van der Waals surface area contributed by atoms with Crippen molar-refractivity contribution in [2.45, 2.75) is 50.6 Å². The first kappa shape index (κ1) is 34.0. The van der Waals surface area contributed by atoms with E-state index in [-0.39, 0.29) is 29.5 Å². The number of unbranched alkanes of at least 4 members (excludes halogenated alkanes) is 1. The Bertz CT molecular complexity index is 1680. The quantitative estimate of drug-likeness (QED) is 0.146. The number of halogens is 2. The molecule has 4 rings (SSSR count). The van der Waals surface area contributed by atoms with Gasteiger partial charge in [-0.3, -0.25) is 13.9 Å². The average Bonchev–Trinajstić information content (AvgIpc) is 3.03. The maximum absolute atomic E-state index is 14.5. The van der Waals surface area contributed by atoms with Crippen LogP contribution in [-0.2, 0) is 32.6 Å². The van der Waals surface area contributed by atoms with Gasteiger partial charge < -0.3 is 10.2 Å². The van der Waals surface area contributed by atoms with Crippen molar-refractivity contribution in [2.75, 3.05) is 17.4 Å². The van der Waals surface area contributed by atoms with Crippen LogP contribution >= 0.6 is 23.2 Å². The van der Waals surface area contributed by atoms with E-state index in [9.17, 15) is 18.0 Å². The van der Waals surface area contributed by atoms with Gasteiger partial charge in [0, 0.05) is 29.6 Å². The van der Waals surface area contributed by atoms with Gasteiger partial charge in [-0.05, 0) is 66.9 Å². The Kier molecular flexibility index (Phi) is 12.0. The first-order chi connectivity index (χ1) is 21.6. The van der Waals surface area contributed by atoms with E-state index >= 15 is 0 Å². The van der Waals surface area contributed by atoms with Crippen LogP contribution in [-0.4, -0.2) is 44.3 Å². The molecule has 0 saturated heterocycles. The molecule has 236 valence electrons. The molecule has 0 bridgehead atoms. The maximum atomic E-state index is 14.5. The van der Waals surface area contributed by atoms with E-state index in [1.165, 1.54) is 17.0 Å². The fourth-order valence-corrected chi connectivity index (χ4v) is 6.58. The van der Waals surface area contributed by atoms with Crippen LogP contribution in [0.3, 0.4) is 0 Å². The molecule has 0 heterocycles. The van der Waals surface area contributed by atoms with Crippen molar-refractivity contribution in [1.29, 1.82) is 0 Å². The predicted molar refractivity (Wildman–Crippen MR) is 181 cm³/mol. The number of benzene rings is 4. The van der Waals surface area contributed by atoms with Crippen LogP contribution in [0.2, 0.25) is 10.0 Å². The molecule has 7 nitrogen and oxygen atoms in total. The predicted octanol–water partition coefficient (Wildman–Crippen LogP) is 7.05. The Morgan fingerprint density at radius 2 is 1.49 bits per heavy atom. The Balaban J connectivity index is 1.79. The Morgan fingerprint density at radius 3 is 2.13 bits per heavy atom. The van der Waals surface area contributed by atoms with Crippen molar-refractivity contribution in [1.82, 2.24) is 10.2 Å². The van der Waals surface area contributed by atoms with E-state index in [0.717, 1.165) is 28.3 Å². The summed E-state index contributed by atoms with van der Waals surface area (Å²) in [5.74, 6) is -0.890. The fraction of sp³-hybridized carbons (Fsp3) is 0.257. The Morgan fingerprint density at radius 1 is 0.844 bits per heavy atom. The minimum absolute atomic E-state index is 0.00373. The third-order valence-electron chi connectivity index (χ3n) is 7.40. The standard InChI is InChI=1S/C35H37Cl2N3O4S/c1-3-4-22-38-35(42)33(23-27-10-6-5-7-11-27)39(24-28-12-8-9-13-32(28)37)34(41)25-40(30-18-16-29(36)17-19-30)45(43,44)31-20-14-26(2)15-21-31/h5-21,33H,3-4,22-25H2,1-2H3,(H,38,42). The highest BCUT2D eigenvalue weighted by Crippen LogP contribution is 2.27. The molecule has 0 aliphatic carbocycles. The fourth-order valence-electron chi connectivity index (χ4n) is 4.84. The summed E-state index contributed by atoms with van der Waals surface area (Å²) in [6.07, 6.45) is 1.89. The first-order valence-electron chi connectivity index (χ1n) is 14.8. The van der Waals surface area contributed by atoms with Gasteiger partial charge in [0.25, 0.3) is 10.0 Å². The molecule has 1 atom stereocenters. The van der Waals surface area contributed by atoms with E-state index in [1.807, 2.05) is 44.2 Å². The lowest BCUT2D eigenvalue weighted by Gasteiger charge is -2.34. The van der Waals surface area contributed by atoms with Crippen molar-refractivity contribution in [2.24, 2.45) is 0 Å². The van der Waals surface area contributed by atoms with Crippen LogP contribution in [0.1, 0.15) is 36.5 Å². The highest BCUT2D eigenvalue weighted by molar-refractivity contribution is 7.92. The van der Waals surface area contributed by atoms with Crippen LogP contribution in [0, 0.1) is 6.92 Å². The van der Waals surface area contributed by atoms with Gasteiger partial charge >= 0.3 is 0 Å². The summed E-state index contributed by atoms with van der Waals surface area (Å²) in [6.45, 7) is 3.78. The molecule has 0 saturated carbocycles. The number of sulfonamides is 1. The molecular weight excluding hydrogens is 629 g/mol. The zero-order valence-electron chi connectivity index (χ0n) is 25.3. The number of nitrogens with one attached hydrogen (secondary N) is 1. The van der Waals surface area contributed by atoms with Crippen molar-refractivity contribution in [3.05, 3.63) is 130 Å². The van der Waals surface area contributed by atoms with E-state index in [2.05, 4.69) is 5.32 Å². The summed E-state index contributed by atoms with van der Waals surface area (Å²) < 4.78 is 29.2. The monoisotopic (exact) mass is 665 g/mol. The SMILES string of the molecule is CCCCNC(=O)C(Cc1ccccc1)N(Cc1ccccc1Cl)C(=O)CN(c1ccc(Cl)cc1)S(=O)(=O)c1ccc(C)cc1. The molecule has 0 aliphatic rings. The smallest absolute Gasteiger partial charge is 0.264 e. The van der Waals surface area contributed by atoms with Crippen molar-refractivity contribution in [3.63, 3.8) is 0 Å². The highest BCUT2D eigenvalue weighted by atomic mass is 35.5. The molecule has 0 radical (unpaired) electrons. The zero-order chi connectivity index (χ0) is 32.4.